The van der Waals surface area contributed by atoms with Crippen LogP contribution in [0.5, 0.6) is 0 Å². The number of rotatable bonds is 9. The van der Waals surface area contributed by atoms with Crippen molar-refractivity contribution in [2.24, 2.45) is 0 Å². The minimum Gasteiger partial charge on any atom is -0.455 e. The molecular weight excluding hydrogens is 394 g/mol. The average Bonchev–Trinajstić information content (AvgIpc) is 2.67. The van der Waals surface area contributed by atoms with E-state index >= 15 is 0 Å². The van der Waals surface area contributed by atoms with Crippen LogP contribution >= 0.6 is 0 Å². The first-order chi connectivity index (χ1) is 13.3. The number of carbonyl (C=O) groups is 2. The fourth-order valence-electron chi connectivity index (χ4n) is 2.10. The molecule has 2 rings (SSSR count). The van der Waals surface area contributed by atoms with Gasteiger partial charge in [-0.1, -0.05) is 12.1 Å². The Labute approximate surface area is 160 Å². The molecule has 0 saturated heterocycles. The maximum Gasteiger partial charge on any atom is 0.321 e. The van der Waals surface area contributed by atoms with Crippen LogP contribution in [0.2, 0.25) is 0 Å². The van der Waals surface area contributed by atoms with E-state index in [4.69, 9.17) is 0 Å². The summed E-state index contributed by atoms with van der Waals surface area (Å²) in [6.45, 7) is -0.984. The fourth-order valence-corrected chi connectivity index (χ4v) is 3.07. The van der Waals surface area contributed by atoms with Crippen molar-refractivity contribution in [2.45, 2.75) is 11.3 Å². The van der Waals surface area contributed by atoms with Crippen molar-refractivity contribution in [1.82, 2.24) is 10.0 Å². The van der Waals surface area contributed by atoms with Gasteiger partial charge in [0.15, 0.2) is 6.61 Å². The van der Waals surface area contributed by atoms with E-state index in [0.717, 1.165) is 29.8 Å². The van der Waals surface area contributed by atoms with Crippen LogP contribution < -0.4 is 10.0 Å². The smallest absolute Gasteiger partial charge is 0.321 e. The Morgan fingerprint density at radius 2 is 1.50 bits per heavy atom. The lowest BCUT2D eigenvalue weighted by molar-refractivity contribution is -0.147. The van der Waals surface area contributed by atoms with Crippen molar-refractivity contribution in [3.8, 4) is 0 Å². The van der Waals surface area contributed by atoms with E-state index in [-0.39, 0.29) is 17.3 Å². The number of hydrogen-bond donors (Lipinski definition) is 2. The Hall–Kier alpha value is -2.85. The highest BCUT2D eigenvalue weighted by Crippen LogP contribution is 2.09. The summed E-state index contributed by atoms with van der Waals surface area (Å²) < 4.78 is 56.2. The van der Waals surface area contributed by atoms with Gasteiger partial charge < -0.3 is 10.1 Å². The highest BCUT2D eigenvalue weighted by atomic mass is 32.2. The second-order valence-corrected chi connectivity index (χ2v) is 7.43. The zero-order valence-corrected chi connectivity index (χ0v) is 15.5. The monoisotopic (exact) mass is 412 g/mol. The van der Waals surface area contributed by atoms with Gasteiger partial charge in [0, 0.05) is 6.54 Å². The molecule has 2 N–H and O–H groups in total. The Morgan fingerprint density at radius 1 is 0.929 bits per heavy atom. The molecule has 7 nitrogen and oxygen atoms in total. The average molecular weight is 412 g/mol. The van der Waals surface area contributed by atoms with Crippen molar-refractivity contribution in [2.75, 3.05) is 19.7 Å². The van der Waals surface area contributed by atoms with Crippen LogP contribution in [-0.2, 0) is 30.8 Å². The third-order valence-electron chi connectivity index (χ3n) is 3.54. The van der Waals surface area contributed by atoms with Gasteiger partial charge in [-0.3, -0.25) is 9.59 Å². The van der Waals surface area contributed by atoms with Crippen LogP contribution in [0.4, 0.5) is 8.78 Å². The van der Waals surface area contributed by atoms with Gasteiger partial charge in [0.25, 0.3) is 5.91 Å². The minimum atomic E-state index is -4.00. The maximum atomic E-state index is 12.8. The van der Waals surface area contributed by atoms with Crippen LogP contribution in [0.1, 0.15) is 5.56 Å². The van der Waals surface area contributed by atoms with Crippen molar-refractivity contribution in [3.63, 3.8) is 0 Å². The second kappa shape index (κ2) is 9.90. The normalized spacial score (nSPS) is 11.1. The quantitative estimate of drug-likeness (QED) is 0.602. The van der Waals surface area contributed by atoms with E-state index in [1.54, 1.807) is 12.1 Å². The predicted molar refractivity (Wildman–Crippen MR) is 95.7 cm³/mol. The summed E-state index contributed by atoms with van der Waals surface area (Å²) in [5, 5.41) is 2.52. The summed E-state index contributed by atoms with van der Waals surface area (Å²) in [6, 6.07) is 9.86. The first kappa shape index (κ1) is 21.5. The molecule has 150 valence electrons. The molecule has 0 heterocycles. The second-order valence-electron chi connectivity index (χ2n) is 5.67. The summed E-state index contributed by atoms with van der Waals surface area (Å²) in [7, 11) is -4.00. The highest BCUT2D eigenvalue weighted by molar-refractivity contribution is 7.89. The summed E-state index contributed by atoms with van der Waals surface area (Å²) >= 11 is 0. The zero-order valence-electron chi connectivity index (χ0n) is 14.7. The summed E-state index contributed by atoms with van der Waals surface area (Å²) in [4.78, 5) is 23.0. The van der Waals surface area contributed by atoms with Gasteiger partial charge in [0.05, 0.1) is 4.90 Å². The van der Waals surface area contributed by atoms with E-state index in [2.05, 4.69) is 10.1 Å². The number of halogens is 2. The van der Waals surface area contributed by atoms with Crippen LogP contribution in [0.25, 0.3) is 0 Å². The molecule has 0 spiro atoms. The SMILES string of the molecule is O=C(COC(=O)CNS(=O)(=O)c1ccc(F)cc1)NCCc1ccc(F)cc1. The summed E-state index contributed by atoms with van der Waals surface area (Å²) in [5.74, 6) is -2.45. The van der Waals surface area contributed by atoms with E-state index in [1.165, 1.54) is 12.1 Å². The van der Waals surface area contributed by atoms with E-state index in [1.807, 2.05) is 4.72 Å². The number of carbonyl (C=O) groups excluding carboxylic acids is 2. The minimum absolute atomic E-state index is 0.208. The van der Waals surface area contributed by atoms with Crippen molar-refractivity contribution in [3.05, 3.63) is 65.7 Å². The molecule has 0 saturated carbocycles. The first-order valence-corrected chi connectivity index (χ1v) is 9.66. The van der Waals surface area contributed by atoms with Gasteiger partial charge in [0.2, 0.25) is 10.0 Å². The summed E-state index contributed by atoms with van der Waals surface area (Å²) in [6.07, 6.45) is 0.470. The zero-order chi connectivity index (χ0) is 20.6. The third-order valence-corrected chi connectivity index (χ3v) is 4.96. The molecule has 0 aliphatic carbocycles. The Kier molecular flexibility index (Phi) is 7.59. The Bertz CT molecular complexity index is 916. The van der Waals surface area contributed by atoms with Crippen LogP contribution in [0, 0.1) is 11.6 Å². The number of benzene rings is 2. The topological polar surface area (TPSA) is 102 Å². The molecule has 0 aliphatic rings. The summed E-state index contributed by atoms with van der Waals surface area (Å²) in [5.41, 5.74) is 0.828. The molecule has 0 atom stereocenters. The van der Waals surface area contributed by atoms with Gasteiger partial charge in [-0.05, 0) is 48.4 Å². The number of nitrogens with one attached hydrogen (secondary N) is 2. The molecule has 0 radical (unpaired) electrons. The molecule has 0 bridgehead atoms. The number of amides is 1. The van der Waals surface area contributed by atoms with Crippen LogP contribution in [-0.4, -0.2) is 40.0 Å². The number of sulfonamides is 1. The maximum absolute atomic E-state index is 12.8. The lowest BCUT2D eigenvalue weighted by Crippen LogP contribution is -2.34. The van der Waals surface area contributed by atoms with Crippen molar-refractivity contribution in [1.29, 1.82) is 0 Å². The molecule has 2 aromatic carbocycles. The molecule has 2 aromatic rings. The molecule has 1 amide bonds. The van der Waals surface area contributed by atoms with Gasteiger partial charge >= 0.3 is 5.97 Å². The fraction of sp³-hybridized carbons (Fsp3) is 0.222. The largest absolute Gasteiger partial charge is 0.455 e. The van der Waals surface area contributed by atoms with Crippen molar-refractivity contribution >= 4 is 21.9 Å². The number of ether oxygens (including phenoxy) is 1. The number of hydrogen-bond acceptors (Lipinski definition) is 5. The number of esters is 1. The predicted octanol–water partition coefficient (Wildman–Crippen LogP) is 1.15. The van der Waals surface area contributed by atoms with Crippen LogP contribution in [0.15, 0.2) is 53.4 Å². The van der Waals surface area contributed by atoms with Gasteiger partial charge in [-0.25, -0.2) is 17.2 Å². The molecule has 28 heavy (non-hydrogen) atoms. The Morgan fingerprint density at radius 3 is 2.11 bits per heavy atom. The van der Waals surface area contributed by atoms with E-state index in [0.29, 0.717) is 6.42 Å². The Balaban J connectivity index is 1.67. The molecular formula is C18H18F2N2O5S. The van der Waals surface area contributed by atoms with Gasteiger partial charge in [0.1, 0.15) is 18.2 Å². The van der Waals surface area contributed by atoms with Crippen LogP contribution in [0.3, 0.4) is 0 Å². The lowest BCUT2D eigenvalue weighted by atomic mass is 10.1. The molecule has 0 unspecified atom stereocenters. The molecule has 0 fully saturated rings. The van der Waals surface area contributed by atoms with E-state index in [9.17, 15) is 26.8 Å². The molecule has 0 aromatic heterocycles. The van der Waals surface area contributed by atoms with Gasteiger partial charge in [-0.2, -0.15) is 4.72 Å². The van der Waals surface area contributed by atoms with Gasteiger partial charge in [-0.15, -0.1) is 0 Å². The third kappa shape index (κ3) is 7.05. The molecule has 0 aliphatic heterocycles. The standard InChI is InChI=1S/C18H18F2N2O5S/c19-14-3-1-13(2-4-14)9-10-21-17(23)12-27-18(24)11-22-28(25,26)16-7-5-15(20)6-8-16/h1-8,22H,9-12H2,(H,21,23). The first-order valence-electron chi connectivity index (χ1n) is 8.18. The van der Waals surface area contributed by atoms with E-state index < -0.39 is 40.9 Å². The van der Waals surface area contributed by atoms with Crippen molar-refractivity contribution < 1.29 is 31.5 Å². The molecule has 10 heteroatoms. The lowest BCUT2D eigenvalue weighted by Gasteiger charge is -2.08. The highest BCUT2D eigenvalue weighted by Gasteiger charge is 2.16.